The molecule has 1 fully saturated rings. The van der Waals surface area contributed by atoms with Gasteiger partial charge < -0.3 is 9.42 Å². The first-order valence-corrected chi connectivity index (χ1v) is 10.2. The molecule has 5 nitrogen and oxygen atoms in total. The van der Waals surface area contributed by atoms with Crippen molar-refractivity contribution in [2.75, 3.05) is 11.4 Å². The van der Waals surface area contributed by atoms with E-state index in [2.05, 4.69) is 62.1 Å². The van der Waals surface area contributed by atoms with E-state index < -0.39 is 0 Å². The normalized spacial score (nSPS) is 17.2. The van der Waals surface area contributed by atoms with Crippen molar-refractivity contribution in [1.29, 1.82) is 0 Å². The summed E-state index contributed by atoms with van der Waals surface area (Å²) >= 11 is 0. The Morgan fingerprint density at radius 1 is 1.14 bits per heavy atom. The van der Waals surface area contributed by atoms with Crippen molar-refractivity contribution in [2.24, 2.45) is 0 Å². The van der Waals surface area contributed by atoms with Crippen molar-refractivity contribution in [3.8, 4) is 11.4 Å². The lowest BCUT2D eigenvalue weighted by Crippen LogP contribution is -2.24. The molecule has 0 aliphatic carbocycles. The molecule has 0 spiro atoms. The van der Waals surface area contributed by atoms with Crippen LogP contribution in [0, 0.1) is 0 Å². The third-order valence-corrected chi connectivity index (χ3v) is 5.56. The second-order valence-corrected chi connectivity index (χ2v) is 8.71. The van der Waals surface area contributed by atoms with E-state index in [-0.39, 0.29) is 17.2 Å². The summed E-state index contributed by atoms with van der Waals surface area (Å²) in [6.45, 7) is 9.24. The van der Waals surface area contributed by atoms with E-state index >= 15 is 0 Å². The van der Waals surface area contributed by atoms with Crippen LogP contribution in [-0.4, -0.2) is 22.6 Å². The van der Waals surface area contributed by atoms with E-state index in [0.29, 0.717) is 24.7 Å². The fourth-order valence-electron chi connectivity index (χ4n) is 3.70. The Balaban J connectivity index is 1.52. The highest BCUT2D eigenvalue weighted by Gasteiger charge is 2.35. The molecule has 1 unspecified atom stereocenters. The van der Waals surface area contributed by atoms with Crippen molar-refractivity contribution < 1.29 is 9.32 Å². The number of rotatable bonds is 4. The summed E-state index contributed by atoms with van der Waals surface area (Å²) in [7, 11) is 0. The van der Waals surface area contributed by atoms with Crippen molar-refractivity contribution >= 4 is 11.6 Å². The minimum absolute atomic E-state index is 0.0807. The van der Waals surface area contributed by atoms with E-state index in [9.17, 15) is 4.79 Å². The maximum absolute atomic E-state index is 12.6. The van der Waals surface area contributed by atoms with Crippen LogP contribution in [0.15, 0.2) is 53.1 Å². The maximum atomic E-state index is 12.6. The Morgan fingerprint density at radius 2 is 1.90 bits per heavy atom. The zero-order valence-electron chi connectivity index (χ0n) is 17.5. The maximum Gasteiger partial charge on any atom is 0.232 e. The van der Waals surface area contributed by atoms with Gasteiger partial charge in [-0.25, -0.2) is 0 Å². The standard InChI is InChI=1S/C24H27N3O2/c1-5-16-7-6-8-20(13-16)27-15-18(14-21(27)28)23-25-22(26-29-23)17-9-11-19(12-10-17)24(2,3)4/h6-13,18H,5,14-15H2,1-4H3. The SMILES string of the molecule is CCc1cccc(N2CC(c3nc(-c4ccc(C(C)(C)C)cc4)no3)CC2=O)c1. The summed E-state index contributed by atoms with van der Waals surface area (Å²) in [4.78, 5) is 19.0. The lowest BCUT2D eigenvalue weighted by Gasteiger charge is -2.18. The number of anilines is 1. The van der Waals surface area contributed by atoms with E-state index in [0.717, 1.165) is 17.7 Å². The van der Waals surface area contributed by atoms with Gasteiger partial charge in [0.05, 0.1) is 5.92 Å². The molecule has 0 N–H and O–H groups in total. The number of aryl methyl sites for hydroxylation is 1. The molecule has 1 atom stereocenters. The van der Waals surface area contributed by atoms with Gasteiger partial charge in [-0.3, -0.25) is 4.79 Å². The first-order valence-electron chi connectivity index (χ1n) is 10.2. The zero-order valence-corrected chi connectivity index (χ0v) is 17.5. The van der Waals surface area contributed by atoms with Crippen LogP contribution in [0.1, 0.15) is 57.1 Å². The molecule has 1 aliphatic heterocycles. The third-order valence-electron chi connectivity index (χ3n) is 5.56. The summed E-state index contributed by atoms with van der Waals surface area (Å²) in [5, 5.41) is 4.16. The van der Waals surface area contributed by atoms with Crippen molar-refractivity contribution in [3.05, 3.63) is 65.5 Å². The smallest absolute Gasteiger partial charge is 0.232 e. The predicted molar refractivity (Wildman–Crippen MR) is 114 cm³/mol. The fraction of sp³-hybridized carbons (Fsp3) is 0.375. The van der Waals surface area contributed by atoms with E-state index in [1.54, 1.807) is 0 Å². The summed E-state index contributed by atoms with van der Waals surface area (Å²) in [5.74, 6) is 1.11. The number of nitrogens with zero attached hydrogens (tertiary/aromatic N) is 3. The molecule has 150 valence electrons. The molecule has 2 aromatic carbocycles. The molecule has 1 aliphatic rings. The van der Waals surface area contributed by atoms with Gasteiger partial charge in [-0.1, -0.05) is 69.2 Å². The summed E-state index contributed by atoms with van der Waals surface area (Å²) in [5.41, 5.74) is 4.44. The highest BCUT2D eigenvalue weighted by atomic mass is 16.5. The summed E-state index contributed by atoms with van der Waals surface area (Å²) in [6, 6.07) is 16.4. The van der Waals surface area contributed by atoms with Crippen LogP contribution < -0.4 is 4.90 Å². The van der Waals surface area contributed by atoms with Crippen LogP contribution in [0.25, 0.3) is 11.4 Å². The van der Waals surface area contributed by atoms with Crippen molar-refractivity contribution in [3.63, 3.8) is 0 Å². The molecule has 1 amide bonds. The topological polar surface area (TPSA) is 59.2 Å². The number of hydrogen-bond acceptors (Lipinski definition) is 4. The summed E-state index contributed by atoms with van der Waals surface area (Å²) in [6.07, 6.45) is 1.33. The number of hydrogen-bond donors (Lipinski definition) is 0. The number of aromatic nitrogens is 2. The van der Waals surface area contributed by atoms with E-state index in [4.69, 9.17) is 4.52 Å². The van der Waals surface area contributed by atoms with Gasteiger partial charge in [-0.2, -0.15) is 4.98 Å². The van der Waals surface area contributed by atoms with Gasteiger partial charge >= 0.3 is 0 Å². The highest BCUT2D eigenvalue weighted by molar-refractivity contribution is 5.96. The summed E-state index contributed by atoms with van der Waals surface area (Å²) < 4.78 is 5.54. The number of amides is 1. The number of carbonyl (C=O) groups excluding carboxylic acids is 1. The second kappa shape index (κ2) is 7.47. The molecule has 0 radical (unpaired) electrons. The Bertz CT molecular complexity index is 1020. The minimum atomic E-state index is -0.0807. The molecule has 1 aromatic heterocycles. The first-order chi connectivity index (χ1) is 13.8. The largest absolute Gasteiger partial charge is 0.339 e. The molecular formula is C24H27N3O2. The van der Waals surface area contributed by atoms with Crippen molar-refractivity contribution in [2.45, 2.75) is 51.9 Å². The third kappa shape index (κ3) is 3.95. The van der Waals surface area contributed by atoms with E-state index in [1.165, 1.54) is 11.1 Å². The monoisotopic (exact) mass is 389 g/mol. The average molecular weight is 389 g/mol. The van der Waals surface area contributed by atoms with Crippen LogP contribution >= 0.6 is 0 Å². The molecule has 1 saturated heterocycles. The first kappa shape index (κ1) is 19.4. The highest BCUT2D eigenvalue weighted by Crippen LogP contribution is 2.32. The average Bonchev–Trinajstić information content (AvgIpc) is 3.34. The lowest BCUT2D eigenvalue weighted by atomic mass is 9.87. The molecule has 5 heteroatoms. The van der Waals surface area contributed by atoms with Crippen LogP contribution in [0.2, 0.25) is 0 Å². The Kier molecular flexibility index (Phi) is 4.99. The van der Waals surface area contributed by atoms with Crippen LogP contribution in [0.4, 0.5) is 5.69 Å². The molecule has 0 bridgehead atoms. The van der Waals surface area contributed by atoms with Crippen LogP contribution in [-0.2, 0) is 16.6 Å². The molecule has 3 aromatic rings. The quantitative estimate of drug-likeness (QED) is 0.622. The Morgan fingerprint density at radius 3 is 2.59 bits per heavy atom. The van der Waals surface area contributed by atoms with E-state index in [1.807, 2.05) is 29.2 Å². The minimum Gasteiger partial charge on any atom is -0.339 e. The van der Waals surface area contributed by atoms with Gasteiger partial charge in [-0.15, -0.1) is 0 Å². The van der Waals surface area contributed by atoms with Gasteiger partial charge in [0.15, 0.2) is 0 Å². The van der Waals surface area contributed by atoms with Gasteiger partial charge in [0.2, 0.25) is 17.6 Å². The Hall–Kier alpha value is -2.95. The number of carbonyl (C=O) groups is 1. The molecule has 29 heavy (non-hydrogen) atoms. The van der Waals surface area contributed by atoms with Gasteiger partial charge in [0.1, 0.15) is 0 Å². The van der Waals surface area contributed by atoms with Crippen molar-refractivity contribution in [1.82, 2.24) is 10.1 Å². The Labute approximate surface area is 171 Å². The molecular weight excluding hydrogens is 362 g/mol. The lowest BCUT2D eigenvalue weighted by molar-refractivity contribution is -0.117. The van der Waals surface area contributed by atoms with Crippen LogP contribution in [0.5, 0.6) is 0 Å². The van der Waals surface area contributed by atoms with Gasteiger partial charge in [0, 0.05) is 24.2 Å². The zero-order chi connectivity index (χ0) is 20.6. The van der Waals surface area contributed by atoms with Crippen LogP contribution in [0.3, 0.4) is 0 Å². The number of benzene rings is 2. The van der Waals surface area contributed by atoms with Gasteiger partial charge in [-0.05, 0) is 35.1 Å². The fourth-order valence-corrected chi connectivity index (χ4v) is 3.70. The molecule has 2 heterocycles. The predicted octanol–water partition coefficient (Wildman–Crippen LogP) is 5.12. The second-order valence-electron chi connectivity index (χ2n) is 8.71. The molecule has 4 rings (SSSR count). The van der Waals surface area contributed by atoms with Gasteiger partial charge in [0.25, 0.3) is 0 Å². The molecule has 0 saturated carbocycles.